The molecule has 0 heterocycles. The lowest BCUT2D eigenvalue weighted by molar-refractivity contribution is 0.400. The second-order valence-corrected chi connectivity index (χ2v) is 2.82. The highest BCUT2D eigenvalue weighted by Gasteiger charge is 2.20. The lowest BCUT2D eigenvalue weighted by Crippen LogP contribution is -2.32. The van der Waals surface area contributed by atoms with Crippen LogP contribution in [0.3, 0.4) is 0 Å². The normalized spacial score (nSPS) is 19.9. The van der Waals surface area contributed by atoms with E-state index in [0.29, 0.717) is 12.1 Å². The molecule has 0 unspecified atom stereocenters. The van der Waals surface area contributed by atoms with Crippen molar-refractivity contribution in [3.8, 4) is 5.75 Å². The summed E-state index contributed by atoms with van der Waals surface area (Å²) in [5.41, 5.74) is -1.43. The molecule has 0 aromatic heterocycles. The molecule has 0 amide bonds. The van der Waals surface area contributed by atoms with Crippen LogP contribution >= 0.6 is 0 Å². The molecule has 0 atom stereocenters. The second-order valence-electron chi connectivity index (χ2n) is 2.82. The van der Waals surface area contributed by atoms with Gasteiger partial charge in [-0.1, -0.05) is 19.8 Å². The van der Waals surface area contributed by atoms with Gasteiger partial charge in [-0.2, -0.15) is 0 Å². The number of methoxy groups -OCH3 is 1. The first-order valence-corrected chi connectivity index (χ1v) is 4.01. The third-order valence-corrected chi connectivity index (χ3v) is 1.87. The molecule has 3 nitrogen and oxygen atoms in total. The van der Waals surface area contributed by atoms with Crippen molar-refractivity contribution in [2.45, 2.75) is 19.6 Å². The fourth-order valence-corrected chi connectivity index (χ4v) is 1.14. The third kappa shape index (κ3) is 2.49. The van der Waals surface area contributed by atoms with Crippen LogP contribution in [-0.2, 0) is 0 Å². The van der Waals surface area contributed by atoms with Gasteiger partial charge in [0.05, 0.1) is 7.11 Å². The van der Waals surface area contributed by atoms with Gasteiger partial charge < -0.3 is 14.8 Å². The van der Waals surface area contributed by atoms with Crippen LogP contribution in [0.25, 0.3) is 0 Å². The summed E-state index contributed by atoms with van der Waals surface area (Å²) in [6, 6.07) is 1.23. The van der Waals surface area contributed by atoms with E-state index < -0.39 is 43.6 Å². The topological polar surface area (TPSA) is 49.7 Å². The smallest absolute Gasteiger partial charge is 0.492 e. The summed E-state index contributed by atoms with van der Waals surface area (Å²) in [6.45, 7) is -6.77. The molecule has 0 fully saturated rings. The van der Waals surface area contributed by atoms with Gasteiger partial charge >= 0.3 is 7.12 Å². The number of hydrogen-bond acceptors (Lipinski definition) is 3. The summed E-state index contributed by atoms with van der Waals surface area (Å²) in [5.74, 6) is -4.89. The average Bonchev–Trinajstić information content (AvgIpc) is 2.34. The first-order valence-electron chi connectivity index (χ1n) is 7.51. The van der Waals surface area contributed by atoms with E-state index in [1.54, 1.807) is 0 Å². The second kappa shape index (κ2) is 4.64. The summed E-state index contributed by atoms with van der Waals surface area (Å²) in [4.78, 5) is 0. The summed E-state index contributed by atoms with van der Waals surface area (Å²) in [7, 11) is -1.05. The number of ether oxygens (including phenoxy) is 1. The van der Waals surface area contributed by atoms with Crippen molar-refractivity contribution < 1.29 is 28.8 Å². The Morgan fingerprint density at radius 3 is 2.67 bits per heavy atom. The molecule has 82 valence electrons. The molecule has 0 bridgehead atoms. The van der Waals surface area contributed by atoms with Gasteiger partial charge in [-0.15, -0.1) is 0 Å². The fourth-order valence-electron chi connectivity index (χ4n) is 1.14. The Bertz CT molecular complexity index is 545. The van der Waals surface area contributed by atoms with Crippen LogP contribution in [0.4, 0.5) is 4.39 Å². The minimum atomic E-state index is -3.38. The van der Waals surface area contributed by atoms with E-state index in [0.717, 1.165) is 7.11 Å². The zero-order chi connectivity index (χ0) is 17.5. The maximum Gasteiger partial charge on any atom is 0.492 e. The molecular weight excluding hydrogens is 198 g/mol. The minimum Gasteiger partial charge on any atom is -0.497 e. The van der Waals surface area contributed by atoms with Crippen LogP contribution in [0.1, 0.15) is 34.8 Å². The molecule has 0 saturated carbocycles. The molecule has 0 aliphatic heterocycles. The Balaban J connectivity index is 3.75. The van der Waals surface area contributed by atoms with Crippen molar-refractivity contribution in [2.75, 3.05) is 7.11 Å². The molecule has 5 heteroatoms. The van der Waals surface area contributed by atoms with E-state index >= 15 is 0 Å². The van der Waals surface area contributed by atoms with Crippen LogP contribution in [0.5, 0.6) is 5.75 Å². The molecule has 1 aromatic rings. The number of rotatable bonds is 3. The molecule has 0 saturated heterocycles. The fraction of sp³-hybridized carbons (Fsp3) is 0.400. The summed E-state index contributed by atoms with van der Waals surface area (Å²) in [6.07, 6.45) is 0. The number of halogens is 1. The maximum atomic E-state index is 14.2. The van der Waals surface area contributed by atoms with E-state index in [4.69, 9.17) is 14.3 Å². The molecule has 0 radical (unpaired) electrons. The zero-order valence-corrected chi connectivity index (χ0v) is 7.91. The average molecular weight is 219 g/mol. The monoisotopic (exact) mass is 219 g/mol. The van der Waals surface area contributed by atoms with E-state index in [2.05, 4.69) is 0 Å². The largest absolute Gasteiger partial charge is 0.497 e. The van der Waals surface area contributed by atoms with Gasteiger partial charge in [0.15, 0.2) is 0 Å². The first kappa shape index (κ1) is 5.32. The number of benzene rings is 1. The molecule has 2 N–H and O–H groups in total. The Morgan fingerprint density at radius 2 is 2.20 bits per heavy atom. The minimum absolute atomic E-state index is 0.310. The van der Waals surface area contributed by atoms with Gasteiger partial charge in [0.25, 0.3) is 0 Å². The van der Waals surface area contributed by atoms with Crippen molar-refractivity contribution in [1.82, 2.24) is 0 Å². The molecular formula is C10H14BFO3. The van der Waals surface area contributed by atoms with Gasteiger partial charge in [0, 0.05) is 21.1 Å². The van der Waals surface area contributed by atoms with E-state index in [9.17, 15) is 14.4 Å². The van der Waals surface area contributed by atoms with Gasteiger partial charge in [-0.3, -0.25) is 0 Å². The highest BCUT2D eigenvalue weighted by molar-refractivity contribution is 6.59. The standard InChI is InChI=1S/C10H14BFO3/c1-6(2)7-4-8(11(13)14)10(15-3)5-9(7)12/h4-6,13-14H,1-3H3/i1D3,2D3,6D. The van der Waals surface area contributed by atoms with Crippen LogP contribution in [0.15, 0.2) is 12.1 Å². The van der Waals surface area contributed by atoms with Crippen LogP contribution in [0.2, 0.25) is 0 Å². The molecule has 0 aliphatic carbocycles. The van der Waals surface area contributed by atoms with E-state index in [-0.39, 0.29) is 5.75 Å². The highest BCUT2D eigenvalue weighted by Crippen LogP contribution is 2.21. The Hall–Kier alpha value is -1.07. The molecule has 1 rings (SSSR count). The predicted molar refractivity (Wildman–Crippen MR) is 56.9 cm³/mol. The van der Waals surface area contributed by atoms with Gasteiger partial charge in [0.2, 0.25) is 0 Å². The zero-order valence-electron chi connectivity index (χ0n) is 14.9. The maximum absolute atomic E-state index is 14.2. The van der Waals surface area contributed by atoms with Crippen LogP contribution < -0.4 is 10.2 Å². The molecule has 0 spiro atoms. The molecule has 1 aromatic carbocycles. The first-order chi connectivity index (χ1) is 9.77. The Kier molecular flexibility index (Phi) is 1.64. The van der Waals surface area contributed by atoms with E-state index in [1.807, 2.05) is 0 Å². The quantitative estimate of drug-likeness (QED) is 0.733. The van der Waals surface area contributed by atoms with Crippen LogP contribution in [0, 0.1) is 5.82 Å². The van der Waals surface area contributed by atoms with Crippen LogP contribution in [-0.4, -0.2) is 24.3 Å². The lowest BCUT2D eigenvalue weighted by Gasteiger charge is -2.13. The van der Waals surface area contributed by atoms with Gasteiger partial charge in [0.1, 0.15) is 11.6 Å². The predicted octanol–water partition coefficient (Wildman–Crippen LogP) is 0.637. The SMILES string of the molecule is [2H]C([2H])([2H])C([2H])(c1cc(B(O)O)c(OC)cc1F)C([2H])([2H])[2H]. The lowest BCUT2D eigenvalue weighted by atomic mass is 9.77. The van der Waals surface area contributed by atoms with E-state index in [1.165, 1.54) is 0 Å². The van der Waals surface area contributed by atoms with Crippen molar-refractivity contribution in [3.63, 3.8) is 0 Å². The number of hydrogen-bond donors (Lipinski definition) is 2. The Labute approximate surface area is 98.5 Å². The third-order valence-electron chi connectivity index (χ3n) is 1.87. The van der Waals surface area contributed by atoms with Gasteiger partial charge in [-0.05, 0) is 11.5 Å². The summed E-state index contributed by atoms with van der Waals surface area (Å²) < 4.78 is 70.7. The van der Waals surface area contributed by atoms with Crippen molar-refractivity contribution in [2.24, 2.45) is 0 Å². The van der Waals surface area contributed by atoms with Crippen molar-refractivity contribution in [1.29, 1.82) is 0 Å². The Morgan fingerprint density at radius 1 is 1.53 bits per heavy atom. The van der Waals surface area contributed by atoms with Crippen molar-refractivity contribution >= 4 is 12.6 Å². The highest BCUT2D eigenvalue weighted by atomic mass is 19.1. The summed E-state index contributed by atoms with van der Waals surface area (Å²) in [5, 5.41) is 18.5. The van der Waals surface area contributed by atoms with Gasteiger partial charge in [-0.25, -0.2) is 4.39 Å². The molecule has 0 aliphatic rings. The van der Waals surface area contributed by atoms with Crippen molar-refractivity contribution in [3.05, 3.63) is 23.5 Å². The molecule has 15 heavy (non-hydrogen) atoms. The summed E-state index contributed by atoms with van der Waals surface area (Å²) >= 11 is 0.